The van der Waals surface area contributed by atoms with Gasteiger partial charge < -0.3 is 10.1 Å². The molecule has 1 saturated carbocycles. The van der Waals surface area contributed by atoms with Gasteiger partial charge in [0.15, 0.2) is 0 Å². The third kappa shape index (κ3) is 4.26. The molecule has 0 aliphatic heterocycles. The van der Waals surface area contributed by atoms with Crippen LogP contribution in [0.15, 0.2) is 12.2 Å². The van der Waals surface area contributed by atoms with Gasteiger partial charge in [0.1, 0.15) is 0 Å². The summed E-state index contributed by atoms with van der Waals surface area (Å²) in [4.78, 5) is 0. The van der Waals surface area contributed by atoms with Crippen molar-refractivity contribution in [2.45, 2.75) is 32.6 Å². The lowest BCUT2D eigenvalue weighted by molar-refractivity contribution is 0.0808. The summed E-state index contributed by atoms with van der Waals surface area (Å²) in [7, 11) is 0. The Bertz CT molecular complexity index is 223. The van der Waals surface area contributed by atoms with E-state index in [-0.39, 0.29) is 0 Å². The fourth-order valence-electron chi connectivity index (χ4n) is 2.25. The van der Waals surface area contributed by atoms with E-state index in [9.17, 15) is 0 Å². The highest BCUT2D eigenvalue weighted by molar-refractivity contribution is 4.93. The van der Waals surface area contributed by atoms with Gasteiger partial charge in [-0.05, 0) is 50.0 Å². The Morgan fingerprint density at radius 1 is 1.25 bits per heavy atom. The Kier molecular flexibility index (Phi) is 4.86. The van der Waals surface area contributed by atoms with Gasteiger partial charge in [-0.3, -0.25) is 0 Å². The van der Waals surface area contributed by atoms with Crippen LogP contribution in [0.3, 0.4) is 0 Å². The van der Waals surface area contributed by atoms with Crippen LogP contribution < -0.4 is 5.32 Å². The lowest BCUT2D eigenvalue weighted by atomic mass is 9.85. The number of hydrogen-bond donors (Lipinski definition) is 1. The van der Waals surface area contributed by atoms with Crippen molar-refractivity contribution in [2.24, 2.45) is 17.8 Å². The van der Waals surface area contributed by atoms with Gasteiger partial charge >= 0.3 is 0 Å². The smallest absolute Gasteiger partial charge is 0.0591 e. The Morgan fingerprint density at radius 2 is 2.06 bits per heavy atom. The molecule has 2 atom stereocenters. The molecule has 1 fully saturated rings. The van der Waals surface area contributed by atoms with Crippen LogP contribution in [-0.4, -0.2) is 26.3 Å². The molecule has 16 heavy (non-hydrogen) atoms. The van der Waals surface area contributed by atoms with E-state index in [1.54, 1.807) is 0 Å². The zero-order valence-electron chi connectivity index (χ0n) is 10.5. The lowest BCUT2D eigenvalue weighted by Gasteiger charge is -2.24. The number of allylic oxidation sites excluding steroid dienone is 2. The van der Waals surface area contributed by atoms with Gasteiger partial charge in [0, 0.05) is 6.54 Å². The SMILES string of the molecule is CC1CC=CCC1COCCNCC1CC1. The first kappa shape index (κ1) is 12.1. The van der Waals surface area contributed by atoms with Crippen LogP contribution in [0.2, 0.25) is 0 Å². The number of nitrogens with one attached hydrogen (secondary N) is 1. The Morgan fingerprint density at radius 3 is 2.81 bits per heavy atom. The quantitative estimate of drug-likeness (QED) is 0.529. The largest absolute Gasteiger partial charge is 0.380 e. The molecule has 0 bridgehead atoms. The van der Waals surface area contributed by atoms with Crippen molar-refractivity contribution in [3.05, 3.63) is 12.2 Å². The van der Waals surface area contributed by atoms with Crippen LogP contribution >= 0.6 is 0 Å². The number of rotatable bonds is 7. The molecule has 0 amide bonds. The van der Waals surface area contributed by atoms with Crippen LogP contribution in [0.5, 0.6) is 0 Å². The zero-order chi connectivity index (χ0) is 11.2. The van der Waals surface area contributed by atoms with Crippen molar-refractivity contribution in [3.63, 3.8) is 0 Å². The van der Waals surface area contributed by atoms with Crippen LogP contribution in [0.25, 0.3) is 0 Å². The summed E-state index contributed by atoms with van der Waals surface area (Å²) >= 11 is 0. The highest BCUT2D eigenvalue weighted by atomic mass is 16.5. The molecule has 0 saturated heterocycles. The minimum absolute atomic E-state index is 0.744. The molecule has 1 N–H and O–H groups in total. The molecular formula is C14H25NO. The average Bonchev–Trinajstić information content (AvgIpc) is 3.09. The van der Waals surface area contributed by atoms with Crippen molar-refractivity contribution >= 4 is 0 Å². The van der Waals surface area contributed by atoms with Crippen LogP contribution in [0.1, 0.15) is 32.6 Å². The molecule has 2 rings (SSSR count). The number of ether oxygens (including phenoxy) is 1. The molecule has 2 nitrogen and oxygen atoms in total. The first-order valence-corrected chi connectivity index (χ1v) is 6.79. The van der Waals surface area contributed by atoms with Gasteiger partial charge in [-0.15, -0.1) is 0 Å². The summed E-state index contributed by atoms with van der Waals surface area (Å²) in [6, 6.07) is 0. The van der Waals surface area contributed by atoms with E-state index in [0.29, 0.717) is 0 Å². The summed E-state index contributed by atoms with van der Waals surface area (Å²) in [5.41, 5.74) is 0. The highest BCUT2D eigenvalue weighted by Crippen LogP contribution is 2.27. The molecule has 2 unspecified atom stereocenters. The van der Waals surface area contributed by atoms with Crippen molar-refractivity contribution in [1.29, 1.82) is 0 Å². The van der Waals surface area contributed by atoms with E-state index in [4.69, 9.17) is 4.74 Å². The second kappa shape index (κ2) is 6.41. The molecule has 2 heteroatoms. The highest BCUT2D eigenvalue weighted by Gasteiger charge is 2.20. The van der Waals surface area contributed by atoms with Gasteiger partial charge in [-0.2, -0.15) is 0 Å². The third-order valence-corrected chi connectivity index (χ3v) is 3.80. The van der Waals surface area contributed by atoms with Gasteiger partial charge in [-0.25, -0.2) is 0 Å². The van der Waals surface area contributed by atoms with E-state index in [2.05, 4.69) is 24.4 Å². The van der Waals surface area contributed by atoms with Gasteiger partial charge in [0.2, 0.25) is 0 Å². The van der Waals surface area contributed by atoms with Crippen molar-refractivity contribution in [3.8, 4) is 0 Å². The van der Waals surface area contributed by atoms with Crippen LogP contribution in [-0.2, 0) is 4.74 Å². The lowest BCUT2D eigenvalue weighted by Crippen LogP contribution is -2.25. The molecule has 0 spiro atoms. The minimum Gasteiger partial charge on any atom is -0.380 e. The van der Waals surface area contributed by atoms with E-state index in [1.807, 2.05) is 0 Å². The molecule has 0 aromatic rings. The molecular weight excluding hydrogens is 198 g/mol. The van der Waals surface area contributed by atoms with Crippen LogP contribution in [0.4, 0.5) is 0 Å². The molecule has 0 aromatic heterocycles. The van der Waals surface area contributed by atoms with Gasteiger partial charge in [0.25, 0.3) is 0 Å². The first-order chi connectivity index (χ1) is 7.86. The number of hydrogen-bond acceptors (Lipinski definition) is 2. The van der Waals surface area contributed by atoms with Crippen molar-refractivity contribution < 1.29 is 4.74 Å². The third-order valence-electron chi connectivity index (χ3n) is 3.80. The Hall–Kier alpha value is -0.340. The van der Waals surface area contributed by atoms with E-state index in [0.717, 1.165) is 37.5 Å². The molecule has 0 heterocycles. The minimum atomic E-state index is 0.744. The van der Waals surface area contributed by atoms with Crippen molar-refractivity contribution in [2.75, 3.05) is 26.3 Å². The standard InChI is InChI=1S/C14H25NO/c1-12-4-2-3-5-14(12)11-16-9-8-15-10-13-6-7-13/h2-3,12-15H,4-11H2,1H3. The maximum atomic E-state index is 5.75. The van der Waals surface area contributed by atoms with E-state index >= 15 is 0 Å². The second-order valence-corrected chi connectivity index (χ2v) is 5.40. The summed E-state index contributed by atoms with van der Waals surface area (Å²) in [6.45, 7) is 6.37. The average molecular weight is 223 g/mol. The first-order valence-electron chi connectivity index (χ1n) is 6.79. The van der Waals surface area contributed by atoms with E-state index in [1.165, 1.54) is 32.2 Å². The molecule has 2 aliphatic rings. The summed E-state index contributed by atoms with van der Waals surface area (Å²) < 4.78 is 5.75. The Labute approximate surface area is 99.4 Å². The van der Waals surface area contributed by atoms with E-state index < -0.39 is 0 Å². The zero-order valence-corrected chi connectivity index (χ0v) is 10.5. The maximum Gasteiger partial charge on any atom is 0.0591 e. The summed E-state index contributed by atoms with van der Waals surface area (Å²) in [6.07, 6.45) is 9.90. The van der Waals surface area contributed by atoms with Gasteiger partial charge in [-0.1, -0.05) is 19.1 Å². The summed E-state index contributed by atoms with van der Waals surface area (Å²) in [5.74, 6) is 2.52. The summed E-state index contributed by atoms with van der Waals surface area (Å²) in [5, 5.41) is 3.46. The van der Waals surface area contributed by atoms with Crippen LogP contribution in [0, 0.1) is 17.8 Å². The molecule has 0 radical (unpaired) electrons. The predicted molar refractivity (Wildman–Crippen MR) is 67.4 cm³/mol. The fraction of sp³-hybridized carbons (Fsp3) is 0.857. The maximum absolute atomic E-state index is 5.75. The normalized spacial score (nSPS) is 29.6. The molecule has 92 valence electrons. The molecule has 0 aromatic carbocycles. The van der Waals surface area contributed by atoms with Gasteiger partial charge in [0.05, 0.1) is 13.2 Å². The van der Waals surface area contributed by atoms with Crippen molar-refractivity contribution in [1.82, 2.24) is 5.32 Å². The topological polar surface area (TPSA) is 21.3 Å². The monoisotopic (exact) mass is 223 g/mol. The Balaban J connectivity index is 1.45. The predicted octanol–water partition coefficient (Wildman–Crippen LogP) is 2.60. The fourth-order valence-corrected chi connectivity index (χ4v) is 2.25. The molecule has 2 aliphatic carbocycles. The second-order valence-electron chi connectivity index (χ2n) is 5.40.